The number of aromatic nitrogens is 1. The van der Waals surface area contributed by atoms with Crippen molar-refractivity contribution in [3.8, 4) is 11.1 Å². The van der Waals surface area contributed by atoms with Crippen molar-refractivity contribution in [1.82, 2.24) is 9.88 Å². The molecule has 1 aliphatic rings. The Bertz CT molecular complexity index is 1180. The van der Waals surface area contributed by atoms with Gasteiger partial charge in [-0.1, -0.05) is 36.4 Å². The van der Waals surface area contributed by atoms with Gasteiger partial charge in [0.15, 0.2) is 0 Å². The van der Waals surface area contributed by atoms with Crippen molar-refractivity contribution in [2.45, 2.75) is 39.2 Å². The maximum absolute atomic E-state index is 12.3. The monoisotopic (exact) mass is 462 g/mol. The number of hydrogen-bond acceptors (Lipinski definition) is 6. The average Bonchev–Trinajstić information content (AvgIpc) is 2.81. The summed E-state index contributed by atoms with van der Waals surface area (Å²) < 4.78 is 5.46. The van der Waals surface area contributed by atoms with Crippen molar-refractivity contribution >= 4 is 28.4 Å². The first-order chi connectivity index (χ1) is 16.2. The van der Waals surface area contributed by atoms with Gasteiger partial charge in [0.05, 0.1) is 10.4 Å². The van der Waals surface area contributed by atoms with Crippen molar-refractivity contribution in [3.63, 3.8) is 0 Å². The van der Waals surface area contributed by atoms with Crippen LogP contribution in [-0.2, 0) is 4.74 Å². The predicted octanol–water partition coefficient (Wildman–Crippen LogP) is 5.87. The summed E-state index contributed by atoms with van der Waals surface area (Å²) >= 11 is 0. The molecule has 0 bridgehead atoms. The van der Waals surface area contributed by atoms with Crippen LogP contribution in [0.2, 0.25) is 0 Å². The minimum Gasteiger partial charge on any atom is -0.444 e. The van der Waals surface area contributed by atoms with E-state index in [2.05, 4.69) is 10.3 Å². The molecule has 0 unspecified atom stereocenters. The molecular weight excluding hydrogens is 432 g/mol. The van der Waals surface area contributed by atoms with E-state index in [0.29, 0.717) is 36.8 Å². The van der Waals surface area contributed by atoms with Crippen LogP contribution < -0.4 is 5.32 Å². The highest BCUT2D eigenvalue weighted by Crippen LogP contribution is 2.34. The third-order valence-electron chi connectivity index (χ3n) is 5.99. The molecule has 0 aliphatic carbocycles. The SMILES string of the molecule is CC(C)(C)OC(=O)N1CCC(CNc2c([N+](=O)[O-])cnc3cc(-c4ccccc4)ccc23)CC1. The van der Waals surface area contributed by atoms with Crippen LogP contribution in [0.4, 0.5) is 16.2 Å². The Hall–Kier alpha value is -3.68. The van der Waals surface area contributed by atoms with Crippen molar-refractivity contribution < 1.29 is 14.5 Å². The van der Waals surface area contributed by atoms with E-state index < -0.39 is 10.5 Å². The van der Waals surface area contributed by atoms with Gasteiger partial charge in [0, 0.05) is 25.0 Å². The van der Waals surface area contributed by atoms with Gasteiger partial charge < -0.3 is 15.0 Å². The summed E-state index contributed by atoms with van der Waals surface area (Å²) in [5.74, 6) is 0.296. The largest absolute Gasteiger partial charge is 0.444 e. The Balaban J connectivity index is 1.48. The third-order valence-corrected chi connectivity index (χ3v) is 5.99. The lowest BCUT2D eigenvalue weighted by atomic mass is 9.96. The molecule has 34 heavy (non-hydrogen) atoms. The Morgan fingerprint density at radius 2 is 1.85 bits per heavy atom. The molecule has 1 saturated heterocycles. The second-order valence-electron chi connectivity index (χ2n) is 9.67. The summed E-state index contributed by atoms with van der Waals surface area (Å²) in [4.78, 5) is 29.7. The lowest BCUT2D eigenvalue weighted by molar-refractivity contribution is -0.384. The normalized spacial score (nSPS) is 14.7. The standard InChI is InChI=1S/C26H30N4O4/c1-26(2,3)34-25(31)29-13-11-18(12-14-29)16-28-24-21-10-9-20(19-7-5-4-6-8-19)15-22(21)27-17-23(24)30(32)33/h4-10,15,17-18H,11-14,16H2,1-3H3,(H,27,28). The summed E-state index contributed by atoms with van der Waals surface area (Å²) in [7, 11) is 0. The molecule has 1 aliphatic heterocycles. The molecule has 3 aromatic rings. The highest BCUT2D eigenvalue weighted by atomic mass is 16.6. The first kappa shape index (κ1) is 23.5. The van der Waals surface area contributed by atoms with Gasteiger partial charge in [0.1, 0.15) is 17.5 Å². The quantitative estimate of drug-likeness (QED) is 0.376. The molecule has 0 atom stereocenters. The average molecular weight is 463 g/mol. The lowest BCUT2D eigenvalue weighted by Crippen LogP contribution is -2.42. The number of anilines is 1. The zero-order chi connectivity index (χ0) is 24.3. The number of ether oxygens (including phenoxy) is 1. The number of nitrogens with one attached hydrogen (secondary N) is 1. The number of benzene rings is 2. The van der Waals surface area contributed by atoms with Crippen molar-refractivity contribution in [1.29, 1.82) is 0 Å². The first-order valence-electron chi connectivity index (χ1n) is 11.6. The molecule has 1 N–H and O–H groups in total. The summed E-state index contributed by atoms with van der Waals surface area (Å²) in [6.07, 6.45) is 2.65. The number of carbonyl (C=O) groups is 1. The van der Waals surface area contributed by atoms with Crippen LogP contribution in [0.1, 0.15) is 33.6 Å². The minimum atomic E-state index is -0.517. The fourth-order valence-corrected chi connectivity index (χ4v) is 4.21. The van der Waals surface area contributed by atoms with Crippen molar-refractivity contribution in [3.05, 3.63) is 64.8 Å². The maximum atomic E-state index is 12.3. The van der Waals surface area contributed by atoms with E-state index >= 15 is 0 Å². The molecule has 1 fully saturated rings. The fraction of sp³-hybridized carbons (Fsp3) is 0.385. The molecule has 0 spiro atoms. The van der Waals surface area contributed by atoms with Gasteiger partial charge in [-0.3, -0.25) is 10.1 Å². The Morgan fingerprint density at radius 1 is 1.15 bits per heavy atom. The van der Waals surface area contributed by atoms with E-state index in [4.69, 9.17) is 4.74 Å². The molecule has 0 saturated carbocycles. The first-order valence-corrected chi connectivity index (χ1v) is 11.6. The molecular formula is C26H30N4O4. The number of nitro groups is 1. The molecule has 0 radical (unpaired) electrons. The topological polar surface area (TPSA) is 97.6 Å². The Kier molecular flexibility index (Phi) is 6.68. The van der Waals surface area contributed by atoms with E-state index in [9.17, 15) is 14.9 Å². The zero-order valence-electron chi connectivity index (χ0n) is 19.8. The van der Waals surface area contributed by atoms with E-state index in [1.54, 1.807) is 4.90 Å². The van der Waals surface area contributed by atoms with Crippen LogP contribution in [0.3, 0.4) is 0 Å². The number of fused-ring (bicyclic) bond motifs is 1. The molecule has 2 aromatic carbocycles. The van der Waals surface area contributed by atoms with Gasteiger partial charge in [-0.05, 0) is 62.8 Å². The highest BCUT2D eigenvalue weighted by molar-refractivity contribution is 5.97. The second-order valence-corrected chi connectivity index (χ2v) is 9.67. The molecule has 1 amide bonds. The lowest BCUT2D eigenvalue weighted by Gasteiger charge is -2.33. The number of amides is 1. The number of hydrogen-bond donors (Lipinski definition) is 1. The van der Waals surface area contributed by atoms with Crippen LogP contribution in [-0.4, -0.2) is 46.1 Å². The van der Waals surface area contributed by atoms with Gasteiger partial charge in [0.25, 0.3) is 0 Å². The van der Waals surface area contributed by atoms with E-state index in [0.717, 1.165) is 29.4 Å². The number of nitrogens with zero attached hydrogens (tertiary/aromatic N) is 3. The number of likely N-dealkylation sites (tertiary alicyclic amines) is 1. The third kappa shape index (κ3) is 5.44. The molecule has 2 heterocycles. The smallest absolute Gasteiger partial charge is 0.410 e. The van der Waals surface area contributed by atoms with Crippen molar-refractivity contribution in [2.24, 2.45) is 5.92 Å². The van der Waals surface area contributed by atoms with Crippen LogP contribution in [0.5, 0.6) is 0 Å². The van der Waals surface area contributed by atoms with Crippen molar-refractivity contribution in [2.75, 3.05) is 25.0 Å². The number of piperidine rings is 1. The minimum absolute atomic E-state index is 0.0360. The molecule has 178 valence electrons. The number of rotatable bonds is 5. The van der Waals surface area contributed by atoms with Gasteiger partial charge in [0.2, 0.25) is 0 Å². The molecule has 8 nitrogen and oxygen atoms in total. The molecule has 1 aromatic heterocycles. The summed E-state index contributed by atoms with van der Waals surface area (Å²) in [6, 6.07) is 15.8. The van der Waals surface area contributed by atoms with Gasteiger partial charge in [-0.25, -0.2) is 9.78 Å². The highest BCUT2D eigenvalue weighted by Gasteiger charge is 2.27. The van der Waals surface area contributed by atoms with Crippen LogP contribution in [0.25, 0.3) is 22.0 Å². The Morgan fingerprint density at radius 3 is 2.50 bits per heavy atom. The van der Waals surface area contributed by atoms with E-state index in [1.165, 1.54) is 6.20 Å². The second kappa shape index (κ2) is 9.67. The summed E-state index contributed by atoms with van der Waals surface area (Å²) in [5.41, 5.74) is 2.72. The van der Waals surface area contributed by atoms with Gasteiger partial charge >= 0.3 is 11.8 Å². The zero-order valence-corrected chi connectivity index (χ0v) is 19.8. The van der Waals surface area contributed by atoms with Crippen LogP contribution >= 0.6 is 0 Å². The fourth-order valence-electron chi connectivity index (χ4n) is 4.21. The molecule has 4 rings (SSSR count). The Labute approximate surface area is 199 Å². The predicted molar refractivity (Wildman–Crippen MR) is 133 cm³/mol. The van der Waals surface area contributed by atoms with Gasteiger partial charge in [-0.15, -0.1) is 0 Å². The number of carbonyl (C=O) groups excluding carboxylic acids is 1. The van der Waals surface area contributed by atoms with E-state index in [-0.39, 0.29) is 11.8 Å². The molecule has 8 heteroatoms. The van der Waals surface area contributed by atoms with Crippen LogP contribution in [0, 0.1) is 16.0 Å². The maximum Gasteiger partial charge on any atom is 0.410 e. The summed E-state index contributed by atoms with van der Waals surface area (Å²) in [6.45, 7) is 7.38. The van der Waals surface area contributed by atoms with Gasteiger partial charge in [-0.2, -0.15) is 0 Å². The number of pyridine rings is 1. The summed E-state index contributed by atoms with van der Waals surface area (Å²) in [5, 5.41) is 15.8. The van der Waals surface area contributed by atoms with Crippen LogP contribution in [0.15, 0.2) is 54.7 Å². The van der Waals surface area contributed by atoms with E-state index in [1.807, 2.05) is 69.3 Å².